The Labute approximate surface area is 112 Å². The lowest BCUT2D eigenvalue weighted by atomic mass is 10.2. The molecule has 18 heavy (non-hydrogen) atoms. The van der Waals surface area contributed by atoms with Crippen molar-refractivity contribution in [3.05, 3.63) is 34.6 Å². The molecule has 0 fully saturated rings. The van der Waals surface area contributed by atoms with Crippen molar-refractivity contribution in [1.29, 1.82) is 0 Å². The third-order valence-corrected chi connectivity index (χ3v) is 2.58. The number of ether oxygens (including phenoxy) is 2. The van der Waals surface area contributed by atoms with Crippen molar-refractivity contribution in [2.75, 3.05) is 19.8 Å². The molecule has 3 nitrogen and oxygen atoms in total. The third kappa shape index (κ3) is 5.31. The van der Waals surface area contributed by atoms with E-state index in [4.69, 9.17) is 21.1 Å². The molecule has 0 amide bonds. The lowest BCUT2D eigenvalue weighted by molar-refractivity contribution is -0.133. The highest BCUT2D eigenvalue weighted by atomic mass is 35.5. The van der Waals surface area contributed by atoms with Crippen LogP contribution in [0, 0.1) is 5.82 Å². The average molecular weight is 276 g/mol. The zero-order valence-electron chi connectivity index (χ0n) is 10.7. The van der Waals surface area contributed by atoms with Gasteiger partial charge in [0.15, 0.2) is 6.29 Å². The predicted molar refractivity (Wildman–Crippen MR) is 70.2 cm³/mol. The molecule has 0 aliphatic heterocycles. The Morgan fingerprint density at radius 1 is 1.28 bits per heavy atom. The van der Waals surface area contributed by atoms with Crippen LogP contribution in [0.3, 0.4) is 0 Å². The topological polar surface area (TPSA) is 30.5 Å². The van der Waals surface area contributed by atoms with Gasteiger partial charge in [0, 0.05) is 36.9 Å². The molecule has 0 spiro atoms. The molecule has 0 bridgehead atoms. The Morgan fingerprint density at radius 2 is 1.94 bits per heavy atom. The quantitative estimate of drug-likeness (QED) is 0.740. The van der Waals surface area contributed by atoms with Crippen molar-refractivity contribution < 1.29 is 13.9 Å². The Hall–Kier alpha value is -0.680. The standard InChI is InChI=1S/C13H19ClFNO2/c1-3-17-13(18-4-2)9-16-8-10-5-6-11(14)7-12(10)15/h5-7,13,16H,3-4,8-9H2,1-2H3. The maximum atomic E-state index is 13.5. The molecule has 102 valence electrons. The van der Waals surface area contributed by atoms with Crippen LogP contribution in [-0.4, -0.2) is 26.0 Å². The number of rotatable bonds is 8. The summed E-state index contributed by atoms with van der Waals surface area (Å²) in [6.07, 6.45) is -0.296. The lowest BCUT2D eigenvalue weighted by Crippen LogP contribution is -2.31. The molecular weight excluding hydrogens is 257 g/mol. The molecule has 1 N–H and O–H groups in total. The molecule has 0 heterocycles. The minimum absolute atomic E-state index is 0.296. The molecule has 0 atom stereocenters. The zero-order chi connectivity index (χ0) is 13.4. The van der Waals surface area contributed by atoms with Crippen LogP contribution in [0.1, 0.15) is 19.4 Å². The molecule has 0 aliphatic carbocycles. The number of hydrogen-bond donors (Lipinski definition) is 1. The van der Waals surface area contributed by atoms with Gasteiger partial charge in [-0.3, -0.25) is 0 Å². The molecule has 1 rings (SSSR count). The van der Waals surface area contributed by atoms with Crippen LogP contribution in [0.2, 0.25) is 5.02 Å². The largest absolute Gasteiger partial charge is 0.352 e. The highest BCUT2D eigenvalue weighted by molar-refractivity contribution is 6.30. The van der Waals surface area contributed by atoms with Gasteiger partial charge in [0.05, 0.1) is 0 Å². The first-order valence-corrected chi connectivity index (χ1v) is 6.43. The summed E-state index contributed by atoms with van der Waals surface area (Å²) in [5.74, 6) is -0.306. The summed E-state index contributed by atoms with van der Waals surface area (Å²) in [7, 11) is 0. The first-order valence-electron chi connectivity index (χ1n) is 6.05. The Balaban J connectivity index is 2.39. The summed E-state index contributed by atoms with van der Waals surface area (Å²) >= 11 is 5.68. The summed E-state index contributed by atoms with van der Waals surface area (Å²) in [5.41, 5.74) is 0.575. The van der Waals surface area contributed by atoms with Crippen molar-refractivity contribution >= 4 is 11.6 Å². The second-order valence-electron chi connectivity index (χ2n) is 3.71. The molecule has 0 unspecified atom stereocenters. The fourth-order valence-electron chi connectivity index (χ4n) is 1.53. The van der Waals surface area contributed by atoms with Crippen molar-refractivity contribution in [2.24, 2.45) is 0 Å². The van der Waals surface area contributed by atoms with Crippen LogP contribution in [0.4, 0.5) is 4.39 Å². The summed E-state index contributed by atoms with van der Waals surface area (Å²) < 4.78 is 24.2. The molecule has 0 aliphatic rings. The Kier molecular flexibility index (Phi) is 7.20. The van der Waals surface area contributed by atoms with E-state index in [1.807, 2.05) is 13.8 Å². The minimum Gasteiger partial charge on any atom is -0.352 e. The van der Waals surface area contributed by atoms with Crippen LogP contribution in [0.5, 0.6) is 0 Å². The number of nitrogens with one attached hydrogen (secondary N) is 1. The van der Waals surface area contributed by atoms with Crippen LogP contribution in [0.15, 0.2) is 18.2 Å². The third-order valence-electron chi connectivity index (χ3n) is 2.35. The van der Waals surface area contributed by atoms with Crippen LogP contribution >= 0.6 is 11.6 Å². The van der Waals surface area contributed by atoms with Gasteiger partial charge in [-0.2, -0.15) is 0 Å². The fourth-order valence-corrected chi connectivity index (χ4v) is 1.69. The van der Waals surface area contributed by atoms with Gasteiger partial charge in [0.2, 0.25) is 0 Å². The zero-order valence-corrected chi connectivity index (χ0v) is 11.5. The molecule has 1 aromatic rings. The van der Waals surface area contributed by atoms with Crippen LogP contribution in [-0.2, 0) is 16.0 Å². The Morgan fingerprint density at radius 3 is 2.50 bits per heavy atom. The van der Waals surface area contributed by atoms with E-state index in [9.17, 15) is 4.39 Å². The normalized spacial score (nSPS) is 11.2. The maximum Gasteiger partial charge on any atom is 0.169 e. The predicted octanol–water partition coefficient (Wildman–Crippen LogP) is 2.97. The number of hydrogen-bond acceptors (Lipinski definition) is 3. The van der Waals surface area contributed by atoms with Gasteiger partial charge in [-0.1, -0.05) is 17.7 Å². The molecule has 0 radical (unpaired) electrons. The van der Waals surface area contributed by atoms with Gasteiger partial charge in [0.1, 0.15) is 5.82 Å². The van der Waals surface area contributed by atoms with Gasteiger partial charge in [0.25, 0.3) is 0 Å². The van der Waals surface area contributed by atoms with Gasteiger partial charge in [-0.25, -0.2) is 4.39 Å². The van der Waals surface area contributed by atoms with Gasteiger partial charge >= 0.3 is 0 Å². The molecule has 0 saturated carbocycles. The van der Waals surface area contributed by atoms with E-state index in [1.54, 1.807) is 12.1 Å². The molecule has 0 aromatic heterocycles. The van der Waals surface area contributed by atoms with Crippen molar-refractivity contribution in [3.63, 3.8) is 0 Å². The minimum atomic E-state index is -0.306. The average Bonchev–Trinajstić information content (AvgIpc) is 2.32. The monoisotopic (exact) mass is 275 g/mol. The van der Waals surface area contributed by atoms with Crippen molar-refractivity contribution in [2.45, 2.75) is 26.7 Å². The maximum absolute atomic E-state index is 13.5. The smallest absolute Gasteiger partial charge is 0.169 e. The van der Waals surface area contributed by atoms with Gasteiger partial charge in [-0.15, -0.1) is 0 Å². The molecular formula is C13H19ClFNO2. The van der Waals surface area contributed by atoms with Crippen molar-refractivity contribution in [3.8, 4) is 0 Å². The van der Waals surface area contributed by atoms with E-state index in [2.05, 4.69) is 5.32 Å². The van der Waals surface area contributed by atoms with E-state index in [0.717, 1.165) is 0 Å². The second kappa shape index (κ2) is 8.43. The fraction of sp³-hybridized carbons (Fsp3) is 0.538. The van der Waals surface area contributed by atoms with Gasteiger partial charge < -0.3 is 14.8 Å². The van der Waals surface area contributed by atoms with E-state index in [0.29, 0.717) is 36.9 Å². The number of halogens is 2. The summed E-state index contributed by atoms with van der Waals surface area (Å²) in [4.78, 5) is 0. The van der Waals surface area contributed by atoms with E-state index in [1.165, 1.54) is 6.07 Å². The van der Waals surface area contributed by atoms with Gasteiger partial charge in [-0.05, 0) is 26.0 Å². The van der Waals surface area contributed by atoms with Crippen LogP contribution < -0.4 is 5.32 Å². The molecule has 0 saturated heterocycles. The highest BCUT2D eigenvalue weighted by Crippen LogP contribution is 2.14. The highest BCUT2D eigenvalue weighted by Gasteiger charge is 2.08. The second-order valence-corrected chi connectivity index (χ2v) is 4.14. The molecule has 5 heteroatoms. The Bertz CT molecular complexity index is 357. The molecule has 1 aromatic carbocycles. The number of benzene rings is 1. The summed E-state index contributed by atoms with van der Waals surface area (Å²) in [6.45, 7) is 5.92. The van der Waals surface area contributed by atoms with E-state index in [-0.39, 0.29) is 12.1 Å². The summed E-state index contributed by atoms with van der Waals surface area (Å²) in [6, 6.07) is 4.65. The lowest BCUT2D eigenvalue weighted by Gasteiger charge is -2.17. The van der Waals surface area contributed by atoms with E-state index < -0.39 is 0 Å². The summed E-state index contributed by atoms with van der Waals surface area (Å²) in [5, 5.41) is 3.50. The SMILES string of the molecule is CCOC(CNCc1ccc(Cl)cc1F)OCC. The first-order chi connectivity index (χ1) is 8.67. The van der Waals surface area contributed by atoms with Crippen molar-refractivity contribution in [1.82, 2.24) is 5.32 Å². The first kappa shape index (κ1) is 15.4. The van der Waals surface area contributed by atoms with Crippen LogP contribution in [0.25, 0.3) is 0 Å². The van der Waals surface area contributed by atoms with E-state index >= 15 is 0 Å².